The number of carbonyl (C=O) groups is 1. The van der Waals surface area contributed by atoms with E-state index in [1.165, 1.54) is 24.8 Å². The predicted octanol–water partition coefficient (Wildman–Crippen LogP) is 5.67. The summed E-state index contributed by atoms with van der Waals surface area (Å²) in [6, 6.07) is 11.7. The molecule has 1 amide bonds. The Kier molecular flexibility index (Phi) is 11.4. The van der Waals surface area contributed by atoms with Gasteiger partial charge in [0.1, 0.15) is 24.1 Å². The van der Waals surface area contributed by atoms with E-state index in [0.717, 1.165) is 93.5 Å². The van der Waals surface area contributed by atoms with Gasteiger partial charge >= 0.3 is 0 Å². The topological polar surface area (TPSA) is 98.2 Å². The SMILES string of the molecule is CN1CC/C=C/[C@H](OCCN2CCCCC2)[C@@H]2CC[C@H]2CN2CCCCc3cc(Cl)ccc3COc3ccc(cc32)[C@@](O)(C2O[C@H]2O)CC1=O. The molecule has 1 saturated carbocycles. The number of aliphatic hydroxyl groups excluding tert-OH is 1. The molecule has 2 saturated heterocycles. The molecule has 0 spiro atoms. The van der Waals surface area contributed by atoms with Crippen molar-refractivity contribution in [2.24, 2.45) is 11.8 Å². The normalized spacial score (nSPS) is 31.8. The number of hydrogen-bond acceptors (Lipinski definition) is 8. The second-order valence-electron chi connectivity index (χ2n) is 15.1. The Morgan fingerprint density at radius 2 is 1.82 bits per heavy atom. The molecule has 0 aromatic heterocycles. The van der Waals surface area contributed by atoms with Gasteiger partial charge in [0.15, 0.2) is 6.29 Å². The third-order valence-corrected chi connectivity index (χ3v) is 12.0. The van der Waals surface area contributed by atoms with Crippen LogP contribution in [0.5, 0.6) is 5.75 Å². The largest absolute Gasteiger partial charge is 0.487 e. The Bertz CT molecular complexity index is 1520. The first-order valence-electron chi connectivity index (χ1n) is 18.9. The van der Waals surface area contributed by atoms with Gasteiger partial charge < -0.3 is 39.1 Å². The maximum absolute atomic E-state index is 13.6. The molecule has 50 heavy (non-hydrogen) atoms. The molecule has 9 nitrogen and oxygen atoms in total. The summed E-state index contributed by atoms with van der Waals surface area (Å²) in [5, 5.41) is 23.3. The summed E-state index contributed by atoms with van der Waals surface area (Å²) >= 11 is 6.41. The van der Waals surface area contributed by atoms with Crippen molar-refractivity contribution in [2.75, 3.05) is 57.8 Å². The first-order valence-corrected chi connectivity index (χ1v) is 19.3. The monoisotopic (exact) mass is 707 g/mol. The first kappa shape index (κ1) is 35.7. The van der Waals surface area contributed by atoms with E-state index in [1.54, 1.807) is 11.9 Å². The van der Waals surface area contributed by atoms with Crippen molar-refractivity contribution >= 4 is 23.2 Å². The van der Waals surface area contributed by atoms with Gasteiger partial charge in [-0.1, -0.05) is 42.3 Å². The Labute approximate surface area is 302 Å². The fourth-order valence-corrected chi connectivity index (χ4v) is 8.57. The average Bonchev–Trinajstić information content (AvgIpc) is 3.85. The minimum Gasteiger partial charge on any atom is -0.487 e. The Morgan fingerprint density at radius 3 is 2.60 bits per heavy atom. The van der Waals surface area contributed by atoms with Gasteiger partial charge in [0, 0.05) is 38.2 Å². The van der Waals surface area contributed by atoms with Gasteiger partial charge in [-0.25, -0.2) is 0 Å². The quantitative estimate of drug-likeness (QED) is 0.303. The summed E-state index contributed by atoms with van der Waals surface area (Å²) in [6.07, 6.45) is 11.9. The van der Waals surface area contributed by atoms with Gasteiger partial charge in [0.25, 0.3) is 0 Å². The van der Waals surface area contributed by atoms with Gasteiger partial charge in [-0.2, -0.15) is 0 Å². The molecular formula is C40H54ClN3O6. The number of halogens is 1. The van der Waals surface area contributed by atoms with Crippen LogP contribution in [0.3, 0.4) is 0 Å². The summed E-state index contributed by atoms with van der Waals surface area (Å²) in [5.41, 5.74) is 2.07. The molecular weight excluding hydrogens is 654 g/mol. The second kappa shape index (κ2) is 15.9. The second-order valence-corrected chi connectivity index (χ2v) is 15.5. The van der Waals surface area contributed by atoms with Crippen LogP contribution < -0.4 is 9.64 Å². The fourth-order valence-electron chi connectivity index (χ4n) is 8.38. The maximum Gasteiger partial charge on any atom is 0.225 e. The standard InChI is InChI=1S/C40H54ClN3O6/c1-42-17-7-4-10-35(48-22-21-43-18-5-2-6-19-43)33-15-12-29(33)26-44-20-8-3-9-28-23-32(41)14-11-30(28)27-49-36-16-13-31(24-34(36)44)40(47,25-37(42)45)38-39(46)50-38/h4,10-11,13-14,16,23-24,29,33,35,38-39,46-47H,2-3,5-9,12,15,17-22,25-27H2,1H3/b10-4+/t29-,33+,35-,38?,39+,40+/m0/s1. The molecule has 2 bridgehead atoms. The third kappa shape index (κ3) is 8.19. The lowest BCUT2D eigenvalue weighted by atomic mass is 9.70. The summed E-state index contributed by atoms with van der Waals surface area (Å²) in [5.74, 6) is 1.35. The van der Waals surface area contributed by atoms with E-state index in [-0.39, 0.29) is 18.4 Å². The van der Waals surface area contributed by atoms with Crippen LogP contribution in [0.15, 0.2) is 48.6 Å². The zero-order valence-corrected chi connectivity index (χ0v) is 30.2. The number of anilines is 1. The van der Waals surface area contributed by atoms with Gasteiger partial charge in [0.05, 0.1) is 24.8 Å². The van der Waals surface area contributed by atoms with E-state index in [0.29, 0.717) is 37.0 Å². The molecule has 4 aliphatic heterocycles. The molecule has 10 heteroatoms. The lowest BCUT2D eigenvalue weighted by molar-refractivity contribution is -0.136. The highest BCUT2D eigenvalue weighted by Crippen LogP contribution is 2.46. The van der Waals surface area contributed by atoms with E-state index in [9.17, 15) is 15.0 Å². The predicted molar refractivity (Wildman–Crippen MR) is 194 cm³/mol. The number of piperidine rings is 1. The van der Waals surface area contributed by atoms with Crippen molar-refractivity contribution < 1.29 is 29.2 Å². The lowest BCUT2D eigenvalue weighted by Gasteiger charge is -2.44. The minimum atomic E-state index is -1.69. The molecule has 4 heterocycles. The molecule has 2 aromatic rings. The van der Waals surface area contributed by atoms with Crippen molar-refractivity contribution in [3.05, 3.63) is 70.3 Å². The van der Waals surface area contributed by atoms with Gasteiger partial charge in [-0.3, -0.25) is 4.79 Å². The number of nitrogens with zero attached hydrogens (tertiary/aromatic N) is 3. The highest BCUT2D eigenvalue weighted by atomic mass is 35.5. The molecule has 2 aromatic carbocycles. The molecule has 272 valence electrons. The van der Waals surface area contributed by atoms with Crippen LogP contribution in [-0.2, 0) is 32.9 Å². The van der Waals surface area contributed by atoms with Crippen molar-refractivity contribution in [3.63, 3.8) is 0 Å². The van der Waals surface area contributed by atoms with E-state index >= 15 is 0 Å². The van der Waals surface area contributed by atoms with E-state index < -0.39 is 18.0 Å². The van der Waals surface area contributed by atoms with Gasteiger partial charge in [-0.15, -0.1) is 0 Å². The molecule has 2 N–H and O–H groups in total. The van der Waals surface area contributed by atoms with Crippen LogP contribution in [0.1, 0.15) is 74.5 Å². The Balaban J connectivity index is 1.21. The highest BCUT2D eigenvalue weighted by molar-refractivity contribution is 6.30. The number of hydrogen-bond donors (Lipinski definition) is 2. The average molecular weight is 708 g/mol. The van der Waals surface area contributed by atoms with Crippen molar-refractivity contribution in [3.8, 4) is 5.75 Å². The Hall–Kier alpha value is -2.66. The number of fused-ring (bicyclic) bond motifs is 3. The van der Waals surface area contributed by atoms with Crippen LogP contribution in [0.2, 0.25) is 5.02 Å². The molecule has 6 atom stereocenters. The van der Waals surface area contributed by atoms with Crippen LogP contribution in [0.25, 0.3) is 0 Å². The number of carbonyl (C=O) groups excluding carboxylic acids is 1. The number of likely N-dealkylation sites (tertiary alicyclic amines) is 1. The number of benzene rings is 2. The first-order chi connectivity index (χ1) is 24.3. The smallest absolute Gasteiger partial charge is 0.225 e. The minimum absolute atomic E-state index is 0.0243. The van der Waals surface area contributed by atoms with Crippen LogP contribution in [0.4, 0.5) is 5.69 Å². The Morgan fingerprint density at radius 1 is 1.00 bits per heavy atom. The third-order valence-electron chi connectivity index (χ3n) is 11.7. The lowest BCUT2D eigenvalue weighted by Crippen LogP contribution is -2.45. The zero-order chi connectivity index (χ0) is 34.7. The van der Waals surface area contributed by atoms with Crippen molar-refractivity contribution in [2.45, 2.75) is 94.9 Å². The van der Waals surface area contributed by atoms with E-state index in [2.05, 4.69) is 34.1 Å². The molecule has 1 unspecified atom stereocenters. The number of ether oxygens (including phenoxy) is 3. The summed E-state index contributed by atoms with van der Waals surface area (Å²) in [6.45, 7) is 6.58. The number of amides is 1. The molecule has 1 aliphatic carbocycles. The number of aliphatic hydroxyl groups is 2. The van der Waals surface area contributed by atoms with Crippen molar-refractivity contribution in [1.82, 2.24) is 9.80 Å². The summed E-state index contributed by atoms with van der Waals surface area (Å²) < 4.78 is 18.8. The molecule has 5 aliphatic rings. The maximum atomic E-state index is 13.6. The zero-order valence-electron chi connectivity index (χ0n) is 29.5. The summed E-state index contributed by atoms with van der Waals surface area (Å²) in [7, 11) is 1.77. The summed E-state index contributed by atoms with van der Waals surface area (Å²) in [4.78, 5) is 20.2. The molecule has 0 radical (unpaired) electrons. The fraction of sp³-hybridized carbons (Fsp3) is 0.625. The van der Waals surface area contributed by atoms with E-state index in [1.807, 2.05) is 24.3 Å². The van der Waals surface area contributed by atoms with E-state index in [4.69, 9.17) is 25.8 Å². The van der Waals surface area contributed by atoms with Crippen LogP contribution in [-0.4, -0.2) is 97.3 Å². The molecule has 3 fully saturated rings. The number of aryl methyl sites for hydroxylation is 1. The van der Waals surface area contributed by atoms with Gasteiger partial charge in [-0.05, 0) is 117 Å². The number of epoxide rings is 1. The molecule has 7 rings (SSSR count). The van der Waals surface area contributed by atoms with Gasteiger partial charge in [0.2, 0.25) is 5.91 Å². The van der Waals surface area contributed by atoms with Crippen LogP contribution in [0, 0.1) is 11.8 Å². The van der Waals surface area contributed by atoms with Crippen molar-refractivity contribution in [1.29, 1.82) is 0 Å². The number of rotatable bonds is 5. The van der Waals surface area contributed by atoms with Crippen LogP contribution >= 0.6 is 11.6 Å². The highest BCUT2D eigenvalue weighted by Gasteiger charge is 2.56.